The summed E-state index contributed by atoms with van der Waals surface area (Å²) in [6, 6.07) is 14.1. The number of hydrogen-bond donors (Lipinski definition) is 1. The number of nitrogens with zero attached hydrogens (tertiary/aromatic N) is 5. The Balaban J connectivity index is 1.70. The molecule has 1 aromatic heterocycles. The van der Waals surface area contributed by atoms with Crippen LogP contribution in [0.4, 0.5) is 17.6 Å². The Kier molecular flexibility index (Phi) is 6.89. The molecule has 0 radical (unpaired) electrons. The van der Waals surface area contributed by atoms with Crippen molar-refractivity contribution in [2.45, 2.75) is 37.6 Å². The summed E-state index contributed by atoms with van der Waals surface area (Å²) in [6.45, 7) is 0.255. The first-order valence-corrected chi connectivity index (χ1v) is 10.6. The van der Waals surface area contributed by atoms with Gasteiger partial charge in [-0.2, -0.15) is 17.9 Å². The zero-order chi connectivity index (χ0) is 23.4. The smallest absolute Gasteiger partial charge is 0.453 e. The second kappa shape index (κ2) is 9.84. The predicted molar refractivity (Wildman–Crippen MR) is 112 cm³/mol. The monoisotopic (exact) mass is 464 g/mol. The fraction of sp³-hybridized carbons (Fsp3) is 0.409. The number of alkyl halides is 4. The molecular weight excluding hydrogens is 440 g/mol. The average molecular weight is 464 g/mol. The van der Waals surface area contributed by atoms with Gasteiger partial charge in [-0.05, 0) is 53.6 Å². The highest BCUT2D eigenvalue weighted by Crippen LogP contribution is 2.34. The Morgan fingerprint density at radius 3 is 2.64 bits per heavy atom. The van der Waals surface area contributed by atoms with Crippen LogP contribution in [0.25, 0.3) is 5.69 Å². The molecule has 0 saturated carbocycles. The van der Waals surface area contributed by atoms with Gasteiger partial charge in [-0.25, -0.2) is 4.39 Å². The molecule has 1 aliphatic rings. The first-order valence-electron chi connectivity index (χ1n) is 10.6. The molecule has 2 heterocycles. The summed E-state index contributed by atoms with van der Waals surface area (Å²) in [5.41, 5.74) is 8.26. The van der Waals surface area contributed by atoms with Crippen molar-refractivity contribution in [3.8, 4) is 11.4 Å². The summed E-state index contributed by atoms with van der Waals surface area (Å²) in [5, 5.41) is 9.80. The number of nitrogens with two attached hydrogens (primary N) is 1. The maximum absolute atomic E-state index is 13.3. The van der Waals surface area contributed by atoms with Gasteiger partial charge in [0.2, 0.25) is 0 Å². The third kappa shape index (κ3) is 5.14. The Morgan fingerprint density at radius 1 is 1.12 bits per heavy atom. The summed E-state index contributed by atoms with van der Waals surface area (Å²) in [4.78, 5) is 2.18. The molecule has 2 atom stereocenters. The standard InChI is InChI=1S/C22H24F4N6O/c23-10-12-33-19-9-8-17(32-21(22(24,25)26)28-29-30-32)13-16(19)14-31-11-4-7-18(27)20(31)15-5-2-1-3-6-15/h1-3,5-6,8-9,13,18,20H,4,7,10-12,14,27H2/t18-,20-/m0/s1. The van der Waals surface area contributed by atoms with Gasteiger partial charge in [-0.15, -0.1) is 5.10 Å². The van der Waals surface area contributed by atoms with Gasteiger partial charge >= 0.3 is 6.18 Å². The molecule has 0 unspecified atom stereocenters. The molecule has 1 aliphatic heterocycles. The molecule has 1 saturated heterocycles. The zero-order valence-corrected chi connectivity index (χ0v) is 17.7. The van der Waals surface area contributed by atoms with E-state index in [0.29, 0.717) is 22.5 Å². The minimum absolute atomic E-state index is 0.0728. The van der Waals surface area contributed by atoms with Crippen molar-refractivity contribution < 1.29 is 22.3 Å². The van der Waals surface area contributed by atoms with Crippen LogP contribution in [0.15, 0.2) is 48.5 Å². The maximum Gasteiger partial charge on any atom is 0.453 e. The Bertz CT molecular complexity index is 1060. The lowest BCUT2D eigenvalue weighted by Gasteiger charge is -2.40. The molecule has 0 aliphatic carbocycles. The molecule has 7 nitrogen and oxygen atoms in total. The molecule has 1 fully saturated rings. The van der Waals surface area contributed by atoms with E-state index in [2.05, 4.69) is 20.4 Å². The van der Waals surface area contributed by atoms with E-state index in [1.807, 2.05) is 30.3 Å². The quantitative estimate of drug-likeness (QED) is 0.537. The minimum Gasteiger partial charge on any atom is -0.491 e. The van der Waals surface area contributed by atoms with Crippen molar-refractivity contribution >= 4 is 0 Å². The highest BCUT2D eigenvalue weighted by Gasteiger charge is 2.38. The summed E-state index contributed by atoms with van der Waals surface area (Å²) < 4.78 is 58.9. The third-order valence-electron chi connectivity index (χ3n) is 5.64. The number of hydrogen-bond acceptors (Lipinski definition) is 6. The summed E-state index contributed by atoms with van der Waals surface area (Å²) in [6.07, 6.45) is -2.97. The number of likely N-dealkylation sites (tertiary alicyclic amines) is 1. The van der Waals surface area contributed by atoms with E-state index in [1.54, 1.807) is 6.07 Å². The van der Waals surface area contributed by atoms with Crippen LogP contribution < -0.4 is 10.5 Å². The van der Waals surface area contributed by atoms with E-state index in [0.717, 1.165) is 24.9 Å². The normalized spacial score (nSPS) is 19.5. The average Bonchev–Trinajstić information content (AvgIpc) is 3.30. The molecule has 2 aromatic carbocycles. The largest absolute Gasteiger partial charge is 0.491 e. The van der Waals surface area contributed by atoms with E-state index in [1.165, 1.54) is 12.1 Å². The van der Waals surface area contributed by atoms with Crippen LogP contribution in [0.2, 0.25) is 0 Å². The number of benzene rings is 2. The van der Waals surface area contributed by atoms with Crippen LogP contribution in [0.3, 0.4) is 0 Å². The van der Waals surface area contributed by atoms with Gasteiger partial charge in [-0.1, -0.05) is 30.3 Å². The fourth-order valence-electron chi connectivity index (χ4n) is 4.25. The van der Waals surface area contributed by atoms with E-state index in [4.69, 9.17) is 10.5 Å². The molecule has 3 aromatic rings. The number of tetrazole rings is 1. The van der Waals surface area contributed by atoms with E-state index >= 15 is 0 Å². The van der Waals surface area contributed by atoms with Crippen molar-refractivity contribution in [3.63, 3.8) is 0 Å². The number of aromatic nitrogens is 4. The Morgan fingerprint density at radius 2 is 1.91 bits per heavy atom. The van der Waals surface area contributed by atoms with Gasteiger partial charge in [0.15, 0.2) is 0 Å². The molecule has 176 valence electrons. The molecule has 0 spiro atoms. The molecule has 0 amide bonds. The zero-order valence-electron chi connectivity index (χ0n) is 17.7. The second-order valence-corrected chi connectivity index (χ2v) is 7.87. The lowest BCUT2D eigenvalue weighted by atomic mass is 9.90. The third-order valence-corrected chi connectivity index (χ3v) is 5.64. The van der Waals surface area contributed by atoms with Crippen LogP contribution in [-0.2, 0) is 12.7 Å². The molecule has 2 N–H and O–H groups in total. The van der Waals surface area contributed by atoms with Gasteiger partial charge in [0.25, 0.3) is 5.82 Å². The topological polar surface area (TPSA) is 82.1 Å². The van der Waals surface area contributed by atoms with E-state index in [9.17, 15) is 17.6 Å². The van der Waals surface area contributed by atoms with Crippen molar-refractivity contribution in [3.05, 3.63) is 65.5 Å². The SMILES string of the molecule is N[C@H]1CCCN(Cc2cc(-n3nnnc3C(F)(F)F)ccc2OCCF)[C@H]1c1ccccc1. The van der Waals surface area contributed by atoms with Crippen molar-refractivity contribution in [2.75, 3.05) is 19.8 Å². The number of ether oxygens (including phenoxy) is 1. The lowest BCUT2D eigenvalue weighted by molar-refractivity contribution is -0.146. The van der Waals surface area contributed by atoms with Crippen molar-refractivity contribution in [1.82, 2.24) is 25.1 Å². The first-order chi connectivity index (χ1) is 15.9. The second-order valence-electron chi connectivity index (χ2n) is 7.87. The Labute approximate surface area is 188 Å². The number of rotatable bonds is 7. The lowest BCUT2D eigenvalue weighted by Crippen LogP contribution is -2.45. The van der Waals surface area contributed by atoms with Gasteiger partial charge in [0.05, 0.1) is 11.7 Å². The van der Waals surface area contributed by atoms with Gasteiger partial charge < -0.3 is 10.5 Å². The highest BCUT2D eigenvalue weighted by atomic mass is 19.4. The summed E-state index contributed by atoms with van der Waals surface area (Å²) in [5.74, 6) is -0.836. The van der Waals surface area contributed by atoms with Crippen LogP contribution in [0, 0.1) is 0 Å². The molecular formula is C22H24F4N6O. The van der Waals surface area contributed by atoms with Crippen molar-refractivity contribution in [1.29, 1.82) is 0 Å². The van der Waals surface area contributed by atoms with Crippen LogP contribution >= 0.6 is 0 Å². The van der Waals surface area contributed by atoms with E-state index in [-0.39, 0.29) is 24.4 Å². The predicted octanol–water partition coefficient (Wildman–Crippen LogP) is 3.69. The van der Waals surface area contributed by atoms with Gasteiger partial charge in [0.1, 0.15) is 19.0 Å². The molecule has 33 heavy (non-hydrogen) atoms. The van der Waals surface area contributed by atoms with Crippen LogP contribution in [0.5, 0.6) is 5.75 Å². The first kappa shape index (κ1) is 23.1. The summed E-state index contributed by atoms with van der Waals surface area (Å²) in [7, 11) is 0. The summed E-state index contributed by atoms with van der Waals surface area (Å²) >= 11 is 0. The Hall–Kier alpha value is -3.05. The maximum atomic E-state index is 13.3. The van der Waals surface area contributed by atoms with Crippen LogP contribution in [-0.4, -0.2) is 51.0 Å². The molecule has 0 bridgehead atoms. The fourth-order valence-corrected chi connectivity index (χ4v) is 4.25. The van der Waals surface area contributed by atoms with Crippen molar-refractivity contribution in [2.24, 2.45) is 5.73 Å². The van der Waals surface area contributed by atoms with E-state index < -0.39 is 18.7 Å². The molecule has 11 heteroatoms. The van der Waals surface area contributed by atoms with Gasteiger partial charge in [0, 0.05) is 18.2 Å². The number of halogens is 4. The number of piperidine rings is 1. The highest BCUT2D eigenvalue weighted by molar-refractivity contribution is 5.44. The van der Waals surface area contributed by atoms with Crippen LogP contribution in [0.1, 0.15) is 35.8 Å². The minimum atomic E-state index is -4.72. The van der Waals surface area contributed by atoms with Gasteiger partial charge in [-0.3, -0.25) is 4.90 Å². The molecule has 4 rings (SSSR count).